The lowest BCUT2D eigenvalue weighted by Gasteiger charge is -2.39. The van der Waals surface area contributed by atoms with Gasteiger partial charge in [0.1, 0.15) is 5.69 Å². The minimum atomic E-state index is -0.560. The highest BCUT2D eigenvalue weighted by molar-refractivity contribution is 6.31. The Hall–Kier alpha value is -3.77. The molecule has 11 nitrogen and oxygen atoms in total. The number of aromatic nitrogens is 4. The summed E-state index contributed by atoms with van der Waals surface area (Å²) in [6, 6.07) is 5.94. The van der Waals surface area contributed by atoms with Crippen molar-refractivity contribution in [3.05, 3.63) is 52.8 Å². The number of piperidine rings is 1. The molecule has 7 rings (SSSR count). The number of pyridine rings is 2. The first-order valence-electron chi connectivity index (χ1n) is 14.3. The van der Waals surface area contributed by atoms with Gasteiger partial charge in [0.15, 0.2) is 5.82 Å². The Kier molecular flexibility index (Phi) is 6.77. The molecular weight excluding hydrogens is 563 g/mol. The van der Waals surface area contributed by atoms with Crippen molar-refractivity contribution in [3.8, 4) is 17.1 Å². The van der Waals surface area contributed by atoms with Crippen LogP contribution >= 0.6 is 11.6 Å². The molecule has 13 heteroatoms. The number of nitrogens with one attached hydrogen (secondary N) is 3. The van der Waals surface area contributed by atoms with Crippen LogP contribution in [0.2, 0.25) is 5.02 Å². The van der Waals surface area contributed by atoms with Gasteiger partial charge in [-0.15, -0.1) is 0 Å². The molecule has 3 aromatic rings. The van der Waals surface area contributed by atoms with Crippen LogP contribution in [0.5, 0.6) is 5.88 Å². The maximum Gasteiger partial charge on any atom is 0.272 e. The van der Waals surface area contributed by atoms with Crippen LogP contribution in [0.15, 0.2) is 30.6 Å². The van der Waals surface area contributed by atoms with Crippen LogP contribution in [0.3, 0.4) is 0 Å². The van der Waals surface area contributed by atoms with Gasteiger partial charge in [-0.05, 0) is 44.2 Å². The second kappa shape index (κ2) is 10.5. The molecule has 1 spiro atoms. The van der Waals surface area contributed by atoms with E-state index in [4.69, 9.17) is 16.3 Å². The molecule has 3 atom stereocenters. The summed E-state index contributed by atoms with van der Waals surface area (Å²) in [6.07, 6.45) is 6.86. The Bertz CT molecular complexity index is 1540. The zero-order valence-corrected chi connectivity index (χ0v) is 24.0. The summed E-state index contributed by atoms with van der Waals surface area (Å²) < 4.78 is 19.5. The third-order valence-electron chi connectivity index (χ3n) is 9.19. The number of nitrogens with zero attached hydrogens (tertiary/aromatic N) is 5. The van der Waals surface area contributed by atoms with Gasteiger partial charge in [0.25, 0.3) is 5.91 Å². The molecule has 0 unspecified atom stereocenters. The standard InChI is InChI=1S/C29H32ClFN8O3/c1-42-26-8-20(22(31)13-34-26)23-9-24(37-36-23)28(41)39-5-2-16(10-29(39)3-4-29)27(40)35-14-25-21(30)7-19(12-33-25)38-15-17-6-18(38)11-32-17/h7-9,12-13,16-18,32H,2-6,10-11,14-15H2,1H3,(H,35,40)(H,36,37)/t16-,17+,18+/m0/s1. The molecule has 0 radical (unpaired) electrons. The topological polar surface area (TPSA) is 128 Å². The molecule has 6 heterocycles. The number of carbonyl (C=O) groups is 2. The molecule has 220 valence electrons. The Balaban J connectivity index is 0.969. The van der Waals surface area contributed by atoms with Crippen LogP contribution in [-0.2, 0) is 11.3 Å². The minimum Gasteiger partial charge on any atom is -0.481 e. The average molecular weight is 595 g/mol. The fourth-order valence-corrected chi connectivity index (χ4v) is 6.96. The van der Waals surface area contributed by atoms with Gasteiger partial charge in [-0.3, -0.25) is 19.7 Å². The summed E-state index contributed by atoms with van der Waals surface area (Å²) in [6.45, 7) is 2.65. The number of hydrogen-bond donors (Lipinski definition) is 3. The number of piperazine rings is 1. The summed E-state index contributed by atoms with van der Waals surface area (Å²) in [5, 5.41) is 14.0. The van der Waals surface area contributed by atoms with E-state index in [1.165, 1.54) is 13.2 Å². The van der Waals surface area contributed by atoms with Gasteiger partial charge in [-0.1, -0.05) is 11.6 Å². The van der Waals surface area contributed by atoms with Crippen molar-refractivity contribution in [2.75, 3.05) is 31.6 Å². The second-order valence-corrected chi connectivity index (χ2v) is 12.1. The largest absolute Gasteiger partial charge is 0.481 e. The van der Waals surface area contributed by atoms with Crippen LogP contribution in [0, 0.1) is 11.7 Å². The number of methoxy groups -OCH3 is 1. The molecule has 42 heavy (non-hydrogen) atoms. The monoisotopic (exact) mass is 594 g/mol. The molecule has 3 aliphatic heterocycles. The first-order chi connectivity index (χ1) is 20.3. The van der Waals surface area contributed by atoms with E-state index in [-0.39, 0.29) is 47.0 Å². The number of amides is 2. The summed E-state index contributed by atoms with van der Waals surface area (Å²) in [5.74, 6) is -0.775. The fraction of sp³-hybridized carbons (Fsp3) is 0.483. The number of rotatable bonds is 7. The highest BCUT2D eigenvalue weighted by Gasteiger charge is 2.54. The number of anilines is 1. The Morgan fingerprint density at radius 3 is 2.81 bits per heavy atom. The smallest absolute Gasteiger partial charge is 0.272 e. The summed E-state index contributed by atoms with van der Waals surface area (Å²) >= 11 is 6.57. The quantitative estimate of drug-likeness (QED) is 0.381. The summed E-state index contributed by atoms with van der Waals surface area (Å²) in [5.41, 5.74) is 2.07. The summed E-state index contributed by atoms with van der Waals surface area (Å²) in [4.78, 5) is 39.3. The van der Waals surface area contributed by atoms with Crippen molar-refractivity contribution in [1.29, 1.82) is 0 Å². The molecule has 1 saturated carbocycles. The summed E-state index contributed by atoms with van der Waals surface area (Å²) in [7, 11) is 1.45. The number of H-pyrrole nitrogens is 1. The molecule has 2 bridgehead atoms. The van der Waals surface area contributed by atoms with Gasteiger partial charge in [-0.25, -0.2) is 9.37 Å². The third kappa shape index (κ3) is 4.86. The predicted molar refractivity (Wildman–Crippen MR) is 153 cm³/mol. The van der Waals surface area contributed by atoms with Crippen molar-refractivity contribution in [2.45, 2.75) is 56.3 Å². The second-order valence-electron chi connectivity index (χ2n) is 11.7. The van der Waals surface area contributed by atoms with Crippen molar-refractivity contribution >= 4 is 29.1 Å². The van der Waals surface area contributed by atoms with Gasteiger partial charge in [-0.2, -0.15) is 5.10 Å². The van der Waals surface area contributed by atoms with E-state index in [2.05, 4.69) is 35.7 Å². The lowest BCUT2D eigenvalue weighted by atomic mass is 9.88. The van der Waals surface area contributed by atoms with Crippen molar-refractivity contribution in [2.24, 2.45) is 5.92 Å². The van der Waals surface area contributed by atoms with Crippen LogP contribution in [0.4, 0.5) is 10.1 Å². The number of halogens is 2. The van der Waals surface area contributed by atoms with E-state index in [0.29, 0.717) is 47.9 Å². The lowest BCUT2D eigenvalue weighted by Crippen LogP contribution is -2.50. The van der Waals surface area contributed by atoms with Crippen molar-refractivity contribution < 1.29 is 18.7 Å². The maximum absolute atomic E-state index is 14.4. The van der Waals surface area contributed by atoms with Crippen LogP contribution in [0.25, 0.3) is 11.3 Å². The molecule has 0 aromatic carbocycles. The lowest BCUT2D eigenvalue weighted by molar-refractivity contribution is -0.127. The molecule has 4 fully saturated rings. The highest BCUT2D eigenvalue weighted by Crippen LogP contribution is 2.50. The van der Waals surface area contributed by atoms with E-state index in [0.717, 1.165) is 44.2 Å². The molecule has 2 amide bonds. The zero-order valence-electron chi connectivity index (χ0n) is 23.2. The third-order valence-corrected chi connectivity index (χ3v) is 9.52. The number of hydrogen-bond acceptors (Lipinski definition) is 8. The Morgan fingerprint density at radius 1 is 1.24 bits per heavy atom. The van der Waals surface area contributed by atoms with Crippen LogP contribution in [-0.4, -0.2) is 81.2 Å². The molecule has 1 aliphatic carbocycles. The molecule has 3 N–H and O–H groups in total. The van der Waals surface area contributed by atoms with E-state index in [1.54, 1.807) is 6.07 Å². The number of likely N-dealkylation sites (tertiary alicyclic amines) is 1. The van der Waals surface area contributed by atoms with Crippen LogP contribution < -0.4 is 20.3 Å². The van der Waals surface area contributed by atoms with Crippen molar-refractivity contribution in [1.82, 2.24) is 35.7 Å². The van der Waals surface area contributed by atoms with Gasteiger partial charge in [0.05, 0.1) is 48.1 Å². The van der Waals surface area contributed by atoms with E-state index in [1.807, 2.05) is 17.2 Å². The Morgan fingerprint density at radius 2 is 2.10 bits per heavy atom. The van der Waals surface area contributed by atoms with Gasteiger partial charge >= 0.3 is 0 Å². The van der Waals surface area contributed by atoms with E-state index < -0.39 is 5.82 Å². The fourth-order valence-electron chi connectivity index (χ4n) is 6.73. The predicted octanol–water partition coefficient (Wildman–Crippen LogP) is 2.92. The first-order valence-corrected chi connectivity index (χ1v) is 14.7. The number of fused-ring (bicyclic) bond motifs is 2. The molecule has 3 aromatic heterocycles. The first kappa shape index (κ1) is 27.1. The van der Waals surface area contributed by atoms with Gasteiger partial charge in [0.2, 0.25) is 11.8 Å². The Labute approximate surface area is 247 Å². The van der Waals surface area contributed by atoms with Crippen LogP contribution in [0.1, 0.15) is 48.3 Å². The number of ether oxygens (including phenoxy) is 1. The van der Waals surface area contributed by atoms with Gasteiger partial charge in [0, 0.05) is 54.8 Å². The van der Waals surface area contributed by atoms with Crippen molar-refractivity contribution in [3.63, 3.8) is 0 Å². The maximum atomic E-state index is 14.4. The normalized spacial score (nSPS) is 23.8. The molecule has 3 saturated heterocycles. The molecule has 4 aliphatic rings. The number of aromatic amines is 1. The SMILES string of the molecule is COc1cc(-c2cc(C(=O)N3CC[C@H](C(=O)NCc4ncc(N5C[C@H]6C[C@@H]5CN6)cc4Cl)CC34CC4)[nH]n2)c(F)cn1. The van der Waals surface area contributed by atoms with E-state index >= 15 is 0 Å². The molecular formula is C29H32ClFN8O3. The van der Waals surface area contributed by atoms with Gasteiger partial charge < -0.3 is 25.2 Å². The van der Waals surface area contributed by atoms with E-state index in [9.17, 15) is 14.0 Å². The average Bonchev–Trinajstić information content (AvgIpc) is 3.37. The number of carbonyl (C=O) groups excluding carboxylic acids is 2. The zero-order chi connectivity index (χ0) is 29.0. The minimum absolute atomic E-state index is 0.0517. The highest BCUT2D eigenvalue weighted by atomic mass is 35.5.